The van der Waals surface area contributed by atoms with Crippen molar-refractivity contribution in [1.29, 1.82) is 0 Å². The van der Waals surface area contributed by atoms with Gasteiger partial charge in [0.25, 0.3) is 5.89 Å². The van der Waals surface area contributed by atoms with Crippen LogP contribution < -0.4 is 5.32 Å². The maximum Gasteiger partial charge on any atom is 0.304 e. The molecule has 0 atom stereocenters. The van der Waals surface area contributed by atoms with Crippen molar-refractivity contribution in [2.75, 3.05) is 13.7 Å². The number of ether oxygens (including phenoxy) is 1. The molecule has 9 heteroatoms. The Hall–Kier alpha value is -3.04. The van der Waals surface area contributed by atoms with Crippen LogP contribution in [0.5, 0.6) is 0 Å². The lowest BCUT2D eigenvalue weighted by atomic mass is 9.95. The van der Waals surface area contributed by atoms with Crippen molar-refractivity contribution in [3.05, 3.63) is 41.7 Å². The van der Waals surface area contributed by atoms with E-state index in [4.69, 9.17) is 14.4 Å². The van der Waals surface area contributed by atoms with Crippen molar-refractivity contribution in [3.63, 3.8) is 0 Å². The van der Waals surface area contributed by atoms with Crippen LogP contribution in [0.1, 0.15) is 55.8 Å². The van der Waals surface area contributed by atoms with E-state index in [0.29, 0.717) is 37.5 Å². The van der Waals surface area contributed by atoms with E-state index in [1.807, 2.05) is 24.3 Å². The standard InChI is InChI=1S/C23H29N5O4/c1-31-15-20-19(14-25-28(20)18-5-3-2-4-6-18)23-26-22(27-32-23)17-9-7-16(8-10-17)13-24-12-11-21(29)30/h7-10,14,18,24H,2-6,11-13,15H2,1H3,(H,29,30). The van der Waals surface area contributed by atoms with Crippen molar-refractivity contribution in [2.45, 2.75) is 57.7 Å². The van der Waals surface area contributed by atoms with Gasteiger partial charge in [-0.2, -0.15) is 10.1 Å². The molecule has 1 aliphatic carbocycles. The molecule has 0 bridgehead atoms. The summed E-state index contributed by atoms with van der Waals surface area (Å²) in [5.74, 6) is 0.145. The van der Waals surface area contributed by atoms with E-state index < -0.39 is 5.97 Å². The Kier molecular flexibility index (Phi) is 7.28. The van der Waals surface area contributed by atoms with E-state index in [1.165, 1.54) is 19.3 Å². The second kappa shape index (κ2) is 10.5. The topological polar surface area (TPSA) is 115 Å². The molecule has 2 aromatic heterocycles. The highest BCUT2D eigenvalue weighted by Crippen LogP contribution is 2.33. The number of aromatic nitrogens is 4. The molecule has 2 heterocycles. The van der Waals surface area contributed by atoms with Crippen molar-refractivity contribution in [2.24, 2.45) is 0 Å². The minimum atomic E-state index is -0.807. The average molecular weight is 440 g/mol. The first kappa shape index (κ1) is 22.2. The van der Waals surface area contributed by atoms with Crippen molar-refractivity contribution in [1.82, 2.24) is 25.2 Å². The number of carboxylic acids is 1. The van der Waals surface area contributed by atoms with Crippen LogP contribution in [0.4, 0.5) is 0 Å². The number of hydrogen-bond acceptors (Lipinski definition) is 7. The lowest BCUT2D eigenvalue weighted by Crippen LogP contribution is -2.17. The monoisotopic (exact) mass is 439 g/mol. The Morgan fingerprint density at radius 3 is 2.75 bits per heavy atom. The third-order valence-corrected chi connectivity index (χ3v) is 5.81. The number of nitrogens with one attached hydrogen (secondary N) is 1. The number of aliphatic carboxylic acids is 1. The first-order valence-electron chi connectivity index (χ1n) is 11.1. The fourth-order valence-electron chi connectivity index (χ4n) is 4.14. The molecule has 0 unspecified atom stereocenters. The van der Waals surface area contributed by atoms with Crippen LogP contribution in [0, 0.1) is 0 Å². The van der Waals surface area contributed by atoms with Crippen LogP contribution in [-0.4, -0.2) is 44.7 Å². The van der Waals surface area contributed by atoms with Gasteiger partial charge < -0.3 is 19.7 Å². The van der Waals surface area contributed by atoms with Crippen LogP contribution in [0.25, 0.3) is 22.8 Å². The molecule has 1 saturated carbocycles. The van der Waals surface area contributed by atoms with Crippen LogP contribution >= 0.6 is 0 Å². The lowest BCUT2D eigenvalue weighted by Gasteiger charge is -2.24. The minimum Gasteiger partial charge on any atom is -0.481 e. The van der Waals surface area contributed by atoms with Crippen molar-refractivity contribution in [3.8, 4) is 22.8 Å². The zero-order valence-electron chi connectivity index (χ0n) is 18.3. The first-order valence-corrected chi connectivity index (χ1v) is 11.1. The number of benzene rings is 1. The molecular formula is C23H29N5O4. The highest BCUT2D eigenvalue weighted by molar-refractivity contribution is 5.66. The van der Waals surface area contributed by atoms with Crippen LogP contribution in [0.15, 0.2) is 35.0 Å². The zero-order chi connectivity index (χ0) is 22.3. The molecule has 3 aromatic rings. The highest BCUT2D eigenvalue weighted by Gasteiger charge is 2.24. The Balaban J connectivity index is 1.47. The fraction of sp³-hybridized carbons (Fsp3) is 0.478. The number of rotatable bonds is 10. The molecule has 1 fully saturated rings. The Morgan fingerprint density at radius 1 is 1.25 bits per heavy atom. The molecule has 4 rings (SSSR count). The maximum absolute atomic E-state index is 10.6. The fourth-order valence-corrected chi connectivity index (χ4v) is 4.14. The molecular weight excluding hydrogens is 410 g/mol. The van der Waals surface area contributed by atoms with Gasteiger partial charge in [-0.1, -0.05) is 48.7 Å². The van der Waals surface area contributed by atoms with Gasteiger partial charge in [-0.3, -0.25) is 9.48 Å². The molecule has 0 aliphatic heterocycles. The third-order valence-electron chi connectivity index (χ3n) is 5.81. The van der Waals surface area contributed by atoms with E-state index >= 15 is 0 Å². The van der Waals surface area contributed by atoms with Crippen LogP contribution in [-0.2, 0) is 22.7 Å². The number of carbonyl (C=O) groups is 1. The van der Waals surface area contributed by atoms with Gasteiger partial charge >= 0.3 is 5.97 Å². The molecule has 2 N–H and O–H groups in total. The largest absolute Gasteiger partial charge is 0.481 e. The molecule has 0 saturated heterocycles. The number of methoxy groups -OCH3 is 1. The Labute approximate surface area is 186 Å². The smallest absolute Gasteiger partial charge is 0.304 e. The summed E-state index contributed by atoms with van der Waals surface area (Å²) in [5.41, 5.74) is 3.69. The van der Waals surface area contributed by atoms with Gasteiger partial charge in [-0.15, -0.1) is 0 Å². The average Bonchev–Trinajstić information content (AvgIpc) is 3.45. The minimum absolute atomic E-state index is 0.103. The van der Waals surface area contributed by atoms with Gasteiger partial charge in [0, 0.05) is 25.8 Å². The van der Waals surface area contributed by atoms with Gasteiger partial charge in [0.05, 0.1) is 36.5 Å². The molecule has 0 radical (unpaired) electrons. The van der Waals surface area contributed by atoms with Gasteiger partial charge in [-0.05, 0) is 18.4 Å². The summed E-state index contributed by atoms with van der Waals surface area (Å²) < 4.78 is 13.1. The van der Waals surface area contributed by atoms with E-state index in [-0.39, 0.29) is 6.42 Å². The van der Waals surface area contributed by atoms with Gasteiger partial charge in [-0.25, -0.2) is 0 Å². The molecule has 9 nitrogen and oxygen atoms in total. The van der Waals surface area contributed by atoms with Crippen molar-refractivity contribution >= 4 is 5.97 Å². The lowest BCUT2D eigenvalue weighted by molar-refractivity contribution is -0.136. The van der Waals surface area contributed by atoms with Crippen molar-refractivity contribution < 1.29 is 19.2 Å². The first-order chi connectivity index (χ1) is 15.7. The summed E-state index contributed by atoms with van der Waals surface area (Å²) in [6.07, 6.45) is 7.89. The Bertz CT molecular complexity index is 1020. The normalized spacial score (nSPS) is 14.7. The zero-order valence-corrected chi connectivity index (χ0v) is 18.3. The SMILES string of the molecule is COCc1c(-c2nc(-c3ccc(CNCCC(=O)O)cc3)no2)cnn1C1CCCCC1. The number of carboxylic acid groups (broad SMARTS) is 1. The predicted octanol–water partition coefficient (Wildman–Crippen LogP) is 3.82. The molecule has 0 spiro atoms. The molecule has 32 heavy (non-hydrogen) atoms. The maximum atomic E-state index is 10.6. The van der Waals surface area contributed by atoms with Crippen LogP contribution in [0.3, 0.4) is 0 Å². The summed E-state index contributed by atoms with van der Waals surface area (Å²) in [5, 5.41) is 20.6. The summed E-state index contributed by atoms with van der Waals surface area (Å²) in [7, 11) is 1.68. The van der Waals surface area contributed by atoms with E-state index in [2.05, 4.69) is 25.2 Å². The molecule has 170 valence electrons. The van der Waals surface area contributed by atoms with E-state index in [0.717, 1.165) is 35.2 Å². The molecule has 0 amide bonds. The van der Waals surface area contributed by atoms with Gasteiger partial charge in [0.1, 0.15) is 0 Å². The Morgan fingerprint density at radius 2 is 2.03 bits per heavy atom. The van der Waals surface area contributed by atoms with Crippen LogP contribution in [0.2, 0.25) is 0 Å². The summed E-state index contributed by atoms with van der Waals surface area (Å²) in [4.78, 5) is 15.2. The quantitative estimate of drug-likeness (QED) is 0.458. The highest BCUT2D eigenvalue weighted by atomic mass is 16.5. The number of hydrogen-bond donors (Lipinski definition) is 2. The van der Waals surface area contributed by atoms with E-state index in [1.54, 1.807) is 13.3 Å². The summed E-state index contributed by atoms with van der Waals surface area (Å²) in [6, 6.07) is 8.20. The van der Waals surface area contributed by atoms with Gasteiger partial charge in [0.2, 0.25) is 5.82 Å². The van der Waals surface area contributed by atoms with Gasteiger partial charge in [0.15, 0.2) is 0 Å². The van der Waals surface area contributed by atoms with E-state index in [9.17, 15) is 4.79 Å². The second-order valence-electron chi connectivity index (χ2n) is 8.11. The number of nitrogens with zero attached hydrogens (tertiary/aromatic N) is 4. The summed E-state index contributed by atoms with van der Waals surface area (Å²) in [6.45, 7) is 1.47. The predicted molar refractivity (Wildman–Crippen MR) is 118 cm³/mol. The third kappa shape index (κ3) is 5.23. The molecule has 1 aliphatic rings. The second-order valence-corrected chi connectivity index (χ2v) is 8.11. The molecule has 1 aromatic carbocycles. The summed E-state index contributed by atoms with van der Waals surface area (Å²) >= 11 is 0.